The van der Waals surface area contributed by atoms with Gasteiger partial charge in [-0.2, -0.15) is 0 Å². The molecule has 0 bridgehead atoms. The van der Waals surface area contributed by atoms with Crippen molar-refractivity contribution in [3.05, 3.63) is 76.0 Å². The minimum atomic E-state index is -0.900. The second kappa shape index (κ2) is 9.32. The molecule has 1 N–H and O–H groups in total. The number of halogens is 1. The Bertz CT molecular complexity index is 988. The summed E-state index contributed by atoms with van der Waals surface area (Å²) in [5.41, 5.74) is 1.14. The second-order valence-electron chi connectivity index (χ2n) is 7.78. The van der Waals surface area contributed by atoms with Gasteiger partial charge in [0.15, 0.2) is 5.69 Å². The first-order valence-corrected chi connectivity index (χ1v) is 10.5. The predicted octanol–water partition coefficient (Wildman–Crippen LogP) is 3.88. The lowest BCUT2D eigenvalue weighted by Gasteiger charge is -2.33. The minimum Gasteiger partial charge on any atom is -0.349 e. The van der Waals surface area contributed by atoms with E-state index in [9.17, 15) is 9.59 Å². The van der Waals surface area contributed by atoms with Crippen molar-refractivity contribution in [1.82, 2.24) is 24.8 Å². The number of hydrogen-bond acceptors (Lipinski definition) is 6. The molecule has 7 nitrogen and oxygen atoms in total. The number of carbonyl (C=O) groups is 2. The highest BCUT2D eigenvalue weighted by Gasteiger charge is 2.34. The fourth-order valence-corrected chi connectivity index (χ4v) is 3.48. The van der Waals surface area contributed by atoms with Crippen molar-refractivity contribution >= 4 is 34.9 Å². The van der Waals surface area contributed by atoms with E-state index in [1.165, 1.54) is 4.90 Å². The molecule has 2 amide bonds. The van der Waals surface area contributed by atoms with Crippen LogP contribution in [0.15, 0.2) is 54.2 Å². The molecule has 0 saturated heterocycles. The fraction of sp³-hybridized carbons (Fsp3) is 0.286. The monoisotopic (exact) mass is 443 g/mol. The Labute approximate surface area is 184 Å². The first-order valence-electron chi connectivity index (χ1n) is 9.29. The molecule has 2 aromatic heterocycles. The van der Waals surface area contributed by atoms with E-state index in [1.54, 1.807) is 42.0 Å². The molecule has 0 aliphatic carbocycles. The van der Waals surface area contributed by atoms with Crippen molar-refractivity contribution in [2.24, 2.45) is 0 Å². The highest BCUT2D eigenvalue weighted by atomic mass is 35.5. The zero-order valence-corrected chi connectivity index (χ0v) is 18.4. The summed E-state index contributed by atoms with van der Waals surface area (Å²) in [5.74, 6) is -0.697. The van der Waals surface area contributed by atoms with Crippen LogP contribution in [0.2, 0.25) is 5.02 Å². The van der Waals surface area contributed by atoms with Gasteiger partial charge in [0.1, 0.15) is 6.04 Å². The predicted molar refractivity (Wildman–Crippen MR) is 116 cm³/mol. The number of hydrogen-bond donors (Lipinski definition) is 1. The number of nitrogens with one attached hydrogen (secondary N) is 1. The minimum absolute atomic E-state index is 0.185. The summed E-state index contributed by atoms with van der Waals surface area (Å²) < 4.78 is 3.79. The summed E-state index contributed by atoms with van der Waals surface area (Å²) in [7, 11) is 0. The van der Waals surface area contributed by atoms with Crippen LogP contribution in [0.25, 0.3) is 0 Å². The van der Waals surface area contributed by atoms with Crippen LogP contribution < -0.4 is 5.32 Å². The van der Waals surface area contributed by atoms with Gasteiger partial charge in [0, 0.05) is 40.4 Å². The van der Waals surface area contributed by atoms with E-state index < -0.39 is 17.5 Å². The molecule has 156 valence electrons. The first kappa shape index (κ1) is 21.9. The van der Waals surface area contributed by atoms with Crippen LogP contribution in [0.5, 0.6) is 0 Å². The number of carbonyl (C=O) groups excluding carboxylic acids is 2. The Hall–Kier alpha value is -2.84. The molecule has 3 rings (SSSR count). The van der Waals surface area contributed by atoms with Gasteiger partial charge >= 0.3 is 0 Å². The molecule has 9 heteroatoms. The van der Waals surface area contributed by atoms with Gasteiger partial charge in [-0.1, -0.05) is 34.3 Å². The van der Waals surface area contributed by atoms with E-state index in [0.29, 0.717) is 10.6 Å². The molecule has 0 radical (unpaired) electrons. The Kier molecular flexibility index (Phi) is 6.79. The number of pyridine rings is 1. The lowest BCUT2D eigenvalue weighted by atomic mass is 10.0. The summed E-state index contributed by atoms with van der Waals surface area (Å²) in [6.45, 7) is 5.85. The van der Waals surface area contributed by atoms with Crippen molar-refractivity contribution in [3.8, 4) is 0 Å². The Morgan fingerprint density at radius 1 is 1.20 bits per heavy atom. The number of amides is 2. The molecule has 0 saturated carbocycles. The molecule has 0 aliphatic heterocycles. The smallest absolute Gasteiger partial charge is 0.276 e. The Morgan fingerprint density at radius 2 is 1.93 bits per heavy atom. The molecule has 3 aromatic rings. The van der Waals surface area contributed by atoms with Gasteiger partial charge in [0.25, 0.3) is 5.91 Å². The average molecular weight is 444 g/mol. The third-order valence-corrected chi connectivity index (χ3v) is 4.92. The van der Waals surface area contributed by atoms with Gasteiger partial charge in [-0.3, -0.25) is 14.6 Å². The maximum absolute atomic E-state index is 13.4. The summed E-state index contributed by atoms with van der Waals surface area (Å²) in [4.78, 5) is 32.3. The zero-order chi connectivity index (χ0) is 21.7. The van der Waals surface area contributed by atoms with Crippen LogP contribution in [0.3, 0.4) is 0 Å². The number of benzene rings is 1. The number of nitrogens with zero attached hydrogens (tertiary/aromatic N) is 4. The number of aromatic nitrogens is 3. The van der Waals surface area contributed by atoms with Gasteiger partial charge in [-0.05, 0) is 56.1 Å². The SMILES string of the molecule is CC(C)(C)NC(=O)[C@@H](c1cccnc1)N(Cc1ccc(Cl)cc1)C(=O)c1csnn1. The third kappa shape index (κ3) is 5.61. The van der Waals surface area contributed by atoms with E-state index >= 15 is 0 Å². The second-order valence-corrected chi connectivity index (χ2v) is 8.82. The molecule has 0 fully saturated rings. The summed E-state index contributed by atoms with van der Waals surface area (Å²) in [5, 5.41) is 9.05. The summed E-state index contributed by atoms with van der Waals surface area (Å²) >= 11 is 7.08. The maximum atomic E-state index is 13.4. The largest absolute Gasteiger partial charge is 0.349 e. The van der Waals surface area contributed by atoms with Crippen LogP contribution in [0.4, 0.5) is 0 Å². The van der Waals surface area contributed by atoms with Gasteiger partial charge in [-0.15, -0.1) is 5.10 Å². The van der Waals surface area contributed by atoms with Gasteiger partial charge in [0.05, 0.1) is 0 Å². The van der Waals surface area contributed by atoms with E-state index in [0.717, 1.165) is 17.1 Å². The van der Waals surface area contributed by atoms with Crippen molar-refractivity contribution in [1.29, 1.82) is 0 Å². The average Bonchev–Trinajstić information content (AvgIpc) is 3.23. The Morgan fingerprint density at radius 3 is 2.50 bits per heavy atom. The molecular formula is C21H22ClN5O2S. The standard InChI is InChI=1S/C21H22ClN5O2S/c1-21(2,3)24-19(28)18(15-5-4-10-23-11-15)27(20(29)17-13-30-26-25-17)12-14-6-8-16(22)9-7-14/h4-11,13,18H,12H2,1-3H3,(H,24,28)/t18-/m1/s1. The molecule has 0 spiro atoms. The van der Waals surface area contributed by atoms with Crippen molar-refractivity contribution in [2.45, 2.75) is 38.9 Å². The van der Waals surface area contributed by atoms with Crippen LogP contribution in [0, 0.1) is 0 Å². The third-order valence-electron chi connectivity index (χ3n) is 4.16. The highest BCUT2D eigenvalue weighted by Crippen LogP contribution is 2.26. The van der Waals surface area contributed by atoms with Gasteiger partial charge in [0.2, 0.25) is 5.91 Å². The molecule has 2 heterocycles. The van der Waals surface area contributed by atoms with Crippen molar-refractivity contribution in [3.63, 3.8) is 0 Å². The van der Waals surface area contributed by atoms with Gasteiger partial charge in [-0.25, -0.2) is 0 Å². The molecule has 1 aromatic carbocycles. The van der Waals surface area contributed by atoms with Crippen LogP contribution in [-0.4, -0.2) is 36.8 Å². The molecule has 1 atom stereocenters. The lowest BCUT2D eigenvalue weighted by Crippen LogP contribution is -2.49. The summed E-state index contributed by atoms with van der Waals surface area (Å²) in [6, 6.07) is 9.76. The lowest BCUT2D eigenvalue weighted by molar-refractivity contribution is -0.127. The summed E-state index contributed by atoms with van der Waals surface area (Å²) in [6.07, 6.45) is 3.21. The topological polar surface area (TPSA) is 88.1 Å². The molecular weight excluding hydrogens is 422 g/mol. The zero-order valence-electron chi connectivity index (χ0n) is 16.9. The van der Waals surface area contributed by atoms with Crippen LogP contribution >= 0.6 is 23.1 Å². The Balaban J connectivity index is 2.06. The van der Waals surface area contributed by atoms with E-state index in [2.05, 4.69) is 19.9 Å². The van der Waals surface area contributed by atoms with E-state index in [-0.39, 0.29) is 18.1 Å². The van der Waals surface area contributed by atoms with E-state index in [4.69, 9.17) is 11.6 Å². The number of rotatable bonds is 6. The fourth-order valence-electron chi connectivity index (χ4n) is 2.92. The van der Waals surface area contributed by atoms with Crippen LogP contribution in [0.1, 0.15) is 48.4 Å². The van der Waals surface area contributed by atoms with Crippen molar-refractivity contribution < 1.29 is 9.59 Å². The normalized spacial score (nSPS) is 12.3. The first-order chi connectivity index (χ1) is 14.2. The van der Waals surface area contributed by atoms with Crippen LogP contribution in [-0.2, 0) is 11.3 Å². The quantitative estimate of drug-likeness (QED) is 0.624. The van der Waals surface area contributed by atoms with Gasteiger partial charge < -0.3 is 10.2 Å². The maximum Gasteiger partial charge on any atom is 0.276 e. The van der Waals surface area contributed by atoms with Crippen molar-refractivity contribution in [2.75, 3.05) is 0 Å². The molecule has 30 heavy (non-hydrogen) atoms. The highest BCUT2D eigenvalue weighted by molar-refractivity contribution is 7.03. The molecule has 0 aliphatic rings. The molecule has 0 unspecified atom stereocenters. The van der Waals surface area contributed by atoms with E-state index in [1.807, 2.05) is 32.9 Å².